The van der Waals surface area contributed by atoms with Crippen LogP contribution in [0.1, 0.15) is 13.8 Å². The molecule has 2 rings (SSSR count). The monoisotopic (exact) mass is 220 g/mol. The van der Waals surface area contributed by atoms with Gasteiger partial charge in [0.15, 0.2) is 0 Å². The summed E-state index contributed by atoms with van der Waals surface area (Å²) < 4.78 is 5.49. The van der Waals surface area contributed by atoms with Gasteiger partial charge in [0.05, 0.1) is 18.2 Å². The highest BCUT2D eigenvalue weighted by Crippen LogP contribution is 2.34. The van der Waals surface area contributed by atoms with Crippen molar-refractivity contribution in [2.24, 2.45) is 5.92 Å². The Balaban J connectivity index is 2.37. The molecule has 4 heteroatoms. The third-order valence-corrected chi connectivity index (χ3v) is 2.62. The highest BCUT2D eigenvalue weighted by atomic mass is 16.5. The first kappa shape index (κ1) is 10.8. The van der Waals surface area contributed by atoms with Gasteiger partial charge in [-0.25, -0.2) is 0 Å². The molecule has 0 saturated heterocycles. The largest absolute Gasteiger partial charge is 0.492 e. The molecule has 0 spiro atoms. The summed E-state index contributed by atoms with van der Waals surface area (Å²) in [6, 6.07) is 5.72. The van der Waals surface area contributed by atoms with Crippen LogP contribution in [0.3, 0.4) is 0 Å². The van der Waals surface area contributed by atoms with E-state index in [-0.39, 0.29) is 11.8 Å². The van der Waals surface area contributed by atoms with Gasteiger partial charge in [-0.05, 0) is 19.1 Å². The lowest BCUT2D eigenvalue weighted by Gasteiger charge is -2.12. The van der Waals surface area contributed by atoms with Crippen molar-refractivity contribution in [2.45, 2.75) is 13.8 Å². The predicted molar refractivity (Wildman–Crippen MR) is 63.9 cm³/mol. The Morgan fingerprint density at radius 2 is 2.31 bits per heavy atom. The molecule has 0 fully saturated rings. The first-order valence-corrected chi connectivity index (χ1v) is 5.53. The summed E-state index contributed by atoms with van der Waals surface area (Å²) in [5.41, 5.74) is 1.67. The van der Waals surface area contributed by atoms with Crippen LogP contribution in [0.15, 0.2) is 18.2 Å². The Morgan fingerprint density at radius 3 is 3.06 bits per heavy atom. The van der Waals surface area contributed by atoms with E-state index in [0.29, 0.717) is 13.2 Å². The molecule has 1 heterocycles. The molecule has 1 aromatic carbocycles. The Bertz CT molecular complexity index is 404. The Hall–Kier alpha value is -1.71. The van der Waals surface area contributed by atoms with Gasteiger partial charge in [0.25, 0.3) is 0 Å². The minimum atomic E-state index is -0.0399. The molecule has 1 amide bonds. The second-order valence-electron chi connectivity index (χ2n) is 3.88. The molecule has 0 radical (unpaired) electrons. The average molecular weight is 220 g/mol. The first-order valence-electron chi connectivity index (χ1n) is 5.53. The summed E-state index contributed by atoms with van der Waals surface area (Å²) in [5, 5.41) is 6.14. The molecule has 0 saturated carbocycles. The maximum absolute atomic E-state index is 11.7. The maximum Gasteiger partial charge on any atom is 0.229 e. The lowest BCUT2D eigenvalue weighted by Crippen LogP contribution is -2.22. The quantitative estimate of drug-likeness (QED) is 0.802. The summed E-state index contributed by atoms with van der Waals surface area (Å²) in [5.74, 6) is 0.704. The number of amides is 1. The molecule has 1 unspecified atom stereocenters. The third kappa shape index (κ3) is 1.96. The lowest BCUT2D eigenvalue weighted by atomic mass is 10.2. The summed E-state index contributed by atoms with van der Waals surface area (Å²) in [6.07, 6.45) is 0. The average Bonchev–Trinajstić information content (AvgIpc) is 2.42. The summed E-state index contributed by atoms with van der Waals surface area (Å²) >= 11 is 0. The fourth-order valence-corrected chi connectivity index (χ4v) is 1.69. The highest BCUT2D eigenvalue weighted by Gasteiger charge is 2.21. The summed E-state index contributed by atoms with van der Waals surface area (Å²) in [4.78, 5) is 11.7. The maximum atomic E-state index is 11.7. The molecule has 1 atom stereocenters. The van der Waals surface area contributed by atoms with Crippen molar-refractivity contribution in [1.29, 1.82) is 0 Å². The van der Waals surface area contributed by atoms with Gasteiger partial charge < -0.3 is 15.4 Å². The predicted octanol–water partition coefficient (Wildman–Crippen LogP) is 2.09. The van der Waals surface area contributed by atoms with Gasteiger partial charge in [-0.3, -0.25) is 4.79 Å². The van der Waals surface area contributed by atoms with Crippen molar-refractivity contribution in [2.75, 3.05) is 23.8 Å². The van der Waals surface area contributed by atoms with Gasteiger partial charge in [-0.15, -0.1) is 0 Å². The Morgan fingerprint density at radius 1 is 1.50 bits per heavy atom. The van der Waals surface area contributed by atoms with E-state index in [1.807, 2.05) is 32.0 Å². The van der Waals surface area contributed by atoms with Crippen LogP contribution in [0.5, 0.6) is 5.75 Å². The van der Waals surface area contributed by atoms with E-state index in [1.165, 1.54) is 0 Å². The smallest absolute Gasteiger partial charge is 0.229 e. The number of carbonyl (C=O) groups excluding carboxylic acids is 1. The van der Waals surface area contributed by atoms with Crippen LogP contribution in [0.2, 0.25) is 0 Å². The first-order chi connectivity index (χ1) is 7.72. The number of benzene rings is 1. The minimum absolute atomic E-state index is 0.0263. The molecule has 4 nitrogen and oxygen atoms in total. The highest BCUT2D eigenvalue weighted by molar-refractivity contribution is 5.99. The molecule has 1 aliphatic rings. The number of para-hydroxylation sites is 1. The SMILES string of the molecule is CCOc1cccc2c1NC(=O)C(C)CN2. The van der Waals surface area contributed by atoms with Crippen molar-refractivity contribution in [3.05, 3.63) is 18.2 Å². The van der Waals surface area contributed by atoms with Crippen LogP contribution in [0.25, 0.3) is 0 Å². The Kier molecular flexibility index (Phi) is 2.99. The summed E-state index contributed by atoms with van der Waals surface area (Å²) in [7, 11) is 0. The number of fused-ring (bicyclic) bond motifs is 1. The van der Waals surface area contributed by atoms with Crippen molar-refractivity contribution in [3.8, 4) is 5.75 Å². The molecule has 1 aliphatic heterocycles. The van der Waals surface area contributed by atoms with Crippen LogP contribution < -0.4 is 15.4 Å². The van der Waals surface area contributed by atoms with Crippen LogP contribution in [0, 0.1) is 5.92 Å². The lowest BCUT2D eigenvalue weighted by molar-refractivity contribution is -0.118. The fraction of sp³-hybridized carbons (Fsp3) is 0.417. The number of rotatable bonds is 2. The molecule has 1 aromatic rings. The van der Waals surface area contributed by atoms with E-state index in [4.69, 9.17) is 4.74 Å². The van der Waals surface area contributed by atoms with Crippen molar-refractivity contribution in [1.82, 2.24) is 0 Å². The molecule has 0 bridgehead atoms. The molecular formula is C12H16N2O2. The zero-order chi connectivity index (χ0) is 11.5. The van der Waals surface area contributed by atoms with Crippen LogP contribution in [-0.4, -0.2) is 19.1 Å². The fourth-order valence-electron chi connectivity index (χ4n) is 1.69. The van der Waals surface area contributed by atoms with Gasteiger partial charge in [0.2, 0.25) is 5.91 Å². The molecule has 0 aromatic heterocycles. The van der Waals surface area contributed by atoms with Crippen LogP contribution >= 0.6 is 0 Å². The number of carbonyl (C=O) groups is 1. The summed E-state index contributed by atoms with van der Waals surface area (Å²) in [6.45, 7) is 5.05. The van der Waals surface area contributed by atoms with Gasteiger partial charge in [0, 0.05) is 6.54 Å². The molecule has 86 valence electrons. The number of hydrogen-bond acceptors (Lipinski definition) is 3. The van der Waals surface area contributed by atoms with Gasteiger partial charge in [0.1, 0.15) is 11.4 Å². The van der Waals surface area contributed by atoms with Crippen molar-refractivity contribution in [3.63, 3.8) is 0 Å². The molecular weight excluding hydrogens is 204 g/mol. The van der Waals surface area contributed by atoms with Crippen LogP contribution in [-0.2, 0) is 4.79 Å². The van der Waals surface area contributed by atoms with E-state index < -0.39 is 0 Å². The van der Waals surface area contributed by atoms with E-state index in [0.717, 1.165) is 17.1 Å². The zero-order valence-electron chi connectivity index (χ0n) is 9.54. The van der Waals surface area contributed by atoms with Crippen molar-refractivity contribution >= 4 is 17.3 Å². The second kappa shape index (κ2) is 4.43. The zero-order valence-corrected chi connectivity index (χ0v) is 9.54. The van der Waals surface area contributed by atoms with Gasteiger partial charge in [-0.1, -0.05) is 13.0 Å². The normalized spacial score (nSPS) is 19.1. The molecule has 16 heavy (non-hydrogen) atoms. The topological polar surface area (TPSA) is 50.4 Å². The Labute approximate surface area is 95.0 Å². The number of ether oxygens (including phenoxy) is 1. The van der Waals surface area contributed by atoms with E-state index in [2.05, 4.69) is 10.6 Å². The molecule has 2 N–H and O–H groups in total. The van der Waals surface area contributed by atoms with E-state index in [9.17, 15) is 4.79 Å². The minimum Gasteiger partial charge on any atom is -0.492 e. The number of anilines is 2. The number of hydrogen-bond donors (Lipinski definition) is 2. The standard InChI is InChI=1S/C12H16N2O2/c1-3-16-10-6-4-5-9-11(10)14-12(15)8(2)7-13-9/h4-6,8,13H,3,7H2,1-2H3,(H,14,15). The number of nitrogens with one attached hydrogen (secondary N) is 2. The van der Waals surface area contributed by atoms with Crippen LogP contribution in [0.4, 0.5) is 11.4 Å². The second-order valence-corrected chi connectivity index (χ2v) is 3.88. The van der Waals surface area contributed by atoms with Crippen molar-refractivity contribution < 1.29 is 9.53 Å². The third-order valence-electron chi connectivity index (χ3n) is 2.62. The molecule has 0 aliphatic carbocycles. The van der Waals surface area contributed by atoms with Gasteiger partial charge >= 0.3 is 0 Å². The van der Waals surface area contributed by atoms with E-state index in [1.54, 1.807) is 0 Å². The van der Waals surface area contributed by atoms with E-state index >= 15 is 0 Å². The van der Waals surface area contributed by atoms with Gasteiger partial charge in [-0.2, -0.15) is 0 Å².